The van der Waals surface area contributed by atoms with Crippen LogP contribution in [0.2, 0.25) is 0 Å². The fraction of sp³-hybridized carbons (Fsp3) is 0.632. The highest BCUT2D eigenvalue weighted by Crippen LogP contribution is 2.25. The van der Waals surface area contributed by atoms with Gasteiger partial charge in [0, 0.05) is 44.7 Å². The van der Waals surface area contributed by atoms with Gasteiger partial charge < -0.3 is 9.64 Å². The fourth-order valence-electron chi connectivity index (χ4n) is 3.77. The molecule has 0 unspecified atom stereocenters. The number of hydrogen-bond donors (Lipinski definition) is 0. The second-order valence-corrected chi connectivity index (χ2v) is 7.07. The first-order valence-corrected chi connectivity index (χ1v) is 9.11. The van der Waals surface area contributed by atoms with E-state index in [2.05, 4.69) is 26.9 Å². The normalized spacial score (nSPS) is 18.6. The first-order chi connectivity index (χ1) is 12.1. The standard InChI is InChI=1S/C19H29N5O/c1-14-19(15(2)23(3)22-14)18-12-20-17(11-21-18)10-16-6-5-7-24(13-16)8-9-25-4/h11-12,16H,5-10,13H2,1-4H3/t16-/m1/s1. The molecule has 2 aromatic rings. The Morgan fingerprint density at radius 3 is 2.72 bits per heavy atom. The summed E-state index contributed by atoms with van der Waals surface area (Å²) in [6.07, 6.45) is 7.37. The number of nitrogens with zero attached hydrogens (tertiary/aromatic N) is 5. The molecule has 0 amide bonds. The maximum atomic E-state index is 5.20. The van der Waals surface area contributed by atoms with Gasteiger partial charge in [-0.15, -0.1) is 0 Å². The topological polar surface area (TPSA) is 56.1 Å². The molecule has 3 rings (SSSR count). The summed E-state index contributed by atoms with van der Waals surface area (Å²) >= 11 is 0. The van der Waals surface area contributed by atoms with E-state index in [0.717, 1.165) is 54.5 Å². The van der Waals surface area contributed by atoms with Crippen LogP contribution < -0.4 is 0 Å². The van der Waals surface area contributed by atoms with Crippen LogP contribution in [0.5, 0.6) is 0 Å². The van der Waals surface area contributed by atoms with Gasteiger partial charge in [0.1, 0.15) is 0 Å². The number of likely N-dealkylation sites (tertiary alicyclic amines) is 1. The fourth-order valence-corrected chi connectivity index (χ4v) is 3.77. The van der Waals surface area contributed by atoms with Gasteiger partial charge in [0.15, 0.2) is 0 Å². The Labute approximate surface area is 150 Å². The highest BCUT2D eigenvalue weighted by molar-refractivity contribution is 5.63. The SMILES string of the molecule is COCCN1CCC[C@H](Cc2cnc(-c3c(C)nn(C)c3C)cn2)C1. The molecule has 6 nitrogen and oxygen atoms in total. The summed E-state index contributed by atoms with van der Waals surface area (Å²) in [5.41, 5.74) is 5.23. The van der Waals surface area contributed by atoms with Gasteiger partial charge in [-0.05, 0) is 45.6 Å². The molecule has 0 aliphatic carbocycles. The molecule has 3 heterocycles. The van der Waals surface area contributed by atoms with Gasteiger partial charge in [-0.1, -0.05) is 0 Å². The molecule has 1 fully saturated rings. The second-order valence-electron chi connectivity index (χ2n) is 7.07. The first kappa shape index (κ1) is 18.0. The summed E-state index contributed by atoms with van der Waals surface area (Å²) < 4.78 is 7.10. The van der Waals surface area contributed by atoms with Crippen LogP contribution >= 0.6 is 0 Å². The van der Waals surface area contributed by atoms with Gasteiger partial charge in [0.05, 0.1) is 29.9 Å². The van der Waals surface area contributed by atoms with Crippen LogP contribution in [0, 0.1) is 19.8 Å². The van der Waals surface area contributed by atoms with Crippen molar-refractivity contribution < 1.29 is 4.74 Å². The molecular weight excluding hydrogens is 314 g/mol. The van der Waals surface area contributed by atoms with Crippen molar-refractivity contribution in [3.05, 3.63) is 29.5 Å². The average Bonchev–Trinajstić information content (AvgIpc) is 2.86. The van der Waals surface area contributed by atoms with Gasteiger partial charge in [0.2, 0.25) is 0 Å². The summed E-state index contributed by atoms with van der Waals surface area (Å²) in [5.74, 6) is 0.660. The molecule has 0 aromatic carbocycles. The van der Waals surface area contributed by atoms with Crippen LogP contribution in [-0.2, 0) is 18.2 Å². The molecule has 1 atom stereocenters. The Balaban J connectivity index is 1.64. The van der Waals surface area contributed by atoms with E-state index in [9.17, 15) is 0 Å². The van der Waals surface area contributed by atoms with E-state index in [1.807, 2.05) is 31.0 Å². The predicted octanol–water partition coefficient (Wildman–Crippen LogP) is 2.39. The summed E-state index contributed by atoms with van der Waals surface area (Å²) in [4.78, 5) is 11.9. The summed E-state index contributed by atoms with van der Waals surface area (Å²) in [6, 6.07) is 0. The van der Waals surface area contributed by atoms with Gasteiger partial charge in [-0.25, -0.2) is 0 Å². The van der Waals surface area contributed by atoms with Crippen LogP contribution in [0.4, 0.5) is 0 Å². The Morgan fingerprint density at radius 1 is 1.24 bits per heavy atom. The van der Waals surface area contributed by atoms with Crippen molar-refractivity contribution in [1.82, 2.24) is 24.6 Å². The Kier molecular flexibility index (Phi) is 5.81. The van der Waals surface area contributed by atoms with E-state index >= 15 is 0 Å². The number of ether oxygens (including phenoxy) is 1. The molecule has 25 heavy (non-hydrogen) atoms. The van der Waals surface area contributed by atoms with E-state index in [0.29, 0.717) is 5.92 Å². The van der Waals surface area contributed by atoms with Gasteiger partial charge >= 0.3 is 0 Å². The van der Waals surface area contributed by atoms with Crippen molar-refractivity contribution in [2.75, 3.05) is 33.4 Å². The molecule has 136 valence electrons. The van der Waals surface area contributed by atoms with E-state index in [1.54, 1.807) is 7.11 Å². The molecule has 1 saturated heterocycles. The monoisotopic (exact) mass is 343 g/mol. The third-order valence-electron chi connectivity index (χ3n) is 5.18. The molecule has 2 aromatic heterocycles. The highest BCUT2D eigenvalue weighted by atomic mass is 16.5. The zero-order chi connectivity index (χ0) is 17.8. The Hall–Kier alpha value is -1.79. The van der Waals surface area contributed by atoms with Gasteiger partial charge in [-0.3, -0.25) is 14.6 Å². The number of aryl methyl sites for hydroxylation is 2. The lowest BCUT2D eigenvalue weighted by atomic mass is 9.93. The second kappa shape index (κ2) is 8.06. The maximum Gasteiger partial charge on any atom is 0.0922 e. The smallest absolute Gasteiger partial charge is 0.0922 e. The molecule has 0 spiro atoms. The lowest BCUT2D eigenvalue weighted by Gasteiger charge is -2.32. The Morgan fingerprint density at radius 2 is 2.08 bits per heavy atom. The molecule has 0 radical (unpaired) electrons. The number of methoxy groups -OCH3 is 1. The number of rotatable bonds is 6. The molecule has 1 aliphatic heterocycles. The lowest BCUT2D eigenvalue weighted by Crippen LogP contribution is -2.38. The summed E-state index contributed by atoms with van der Waals surface area (Å²) in [6.45, 7) is 8.25. The summed E-state index contributed by atoms with van der Waals surface area (Å²) in [7, 11) is 3.73. The van der Waals surface area contributed by atoms with E-state index < -0.39 is 0 Å². The van der Waals surface area contributed by atoms with Crippen molar-refractivity contribution in [3.8, 4) is 11.3 Å². The van der Waals surface area contributed by atoms with E-state index in [-0.39, 0.29) is 0 Å². The largest absolute Gasteiger partial charge is 0.383 e. The number of aromatic nitrogens is 4. The molecule has 6 heteroatoms. The van der Waals surface area contributed by atoms with Crippen LogP contribution in [-0.4, -0.2) is 58.0 Å². The average molecular weight is 343 g/mol. The quantitative estimate of drug-likeness (QED) is 0.806. The van der Waals surface area contributed by atoms with Crippen molar-refractivity contribution in [3.63, 3.8) is 0 Å². The maximum absolute atomic E-state index is 5.20. The lowest BCUT2D eigenvalue weighted by molar-refractivity contribution is 0.114. The minimum atomic E-state index is 0.660. The number of piperidine rings is 1. The highest BCUT2D eigenvalue weighted by Gasteiger charge is 2.21. The molecule has 0 saturated carbocycles. The van der Waals surface area contributed by atoms with Crippen LogP contribution in [0.1, 0.15) is 29.9 Å². The zero-order valence-corrected chi connectivity index (χ0v) is 15.8. The molecule has 1 aliphatic rings. The predicted molar refractivity (Wildman–Crippen MR) is 98.5 cm³/mol. The Bertz CT molecular complexity index is 695. The number of hydrogen-bond acceptors (Lipinski definition) is 5. The zero-order valence-electron chi connectivity index (χ0n) is 15.8. The van der Waals surface area contributed by atoms with Crippen molar-refractivity contribution >= 4 is 0 Å². The first-order valence-electron chi connectivity index (χ1n) is 9.11. The van der Waals surface area contributed by atoms with E-state index in [4.69, 9.17) is 4.74 Å². The van der Waals surface area contributed by atoms with Gasteiger partial charge in [-0.2, -0.15) is 5.10 Å². The van der Waals surface area contributed by atoms with Crippen LogP contribution in [0.15, 0.2) is 12.4 Å². The summed E-state index contributed by atoms with van der Waals surface area (Å²) in [5, 5.41) is 4.47. The van der Waals surface area contributed by atoms with Crippen molar-refractivity contribution in [2.45, 2.75) is 33.1 Å². The third-order valence-corrected chi connectivity index (χ3v) is 5.18. The molecule has 0 N–H and O–H groups in total. The van der Waals surface area contributed by atoms with Gasteiger partial charge in [0.25, 0.3) is 0 Å². The minimum absolute atomic E-state index is 0.660. The van der Waals surface area contributed by atoms with Crippen LogP contribution in [0.25, 0.3) is 11.3 Å². The molecule has 0 bridgehead atoms. The van der Waals surface area contributed by atoms with Crippen molar-refractivity contribution in [2.24, 2.45) is 13.0 Å². The third kappa shape index (κ3) is 4.25. The van der Waals surface area contributed by atoms with E-state index in [1.165, 1.54) is 19.4 Å². The van der Waals surface area contributed by atoms with Crippen molar-refractivity contribution in [1.29, 1.82) is 0 Å². The molecular formula is C19H29N5O. The van der Waals surface area contributed by atoms with Crippen LogP contribution in [0.3, 0.4) is 0 Å². The minimum Gasteiger partial charge on any atom is -0.383 e.